The zero-order chi connectivity index (χ0) is 57.5. The Hall–Kier alpha value is -6.54. The molecule has 19 nitrogen and oxygen atoms in total. The average Bonchev–Trinajstić information content (AvgIpc) is 4.43. The van der Waals surface area contributed by atoms with Crippen molar-refractivity contribution < 1.29 is 37.6 Å². The summed E-state index contributed by atoms with van der Waals surface area (Å²) in [5.74, 6) is -0.145. The molecule has 21 heteroatoms. The van der Waals surface area contributed by atoms with Gasteiger partial charge in [-0.3, -0.25) is 28.8 Å². The standard InChI is InChI=1S/C61H83N11O8.2ClH/c1-36(62-9)53(74)69-51(60(3,4)5)58(77)71-32-22-28-44(71)56-67-47(49(79-56)40-34-65-42-26-19-17-24-38(40)42)46(73)30-16-14-12-11-13-15-21-31-64-55(76)48-50(41-35-66-43-27-20-18-25-39(41)43)80-57(68-48)45-29-23-33-72(45)59(78)52(61(6,7)8)70-54(75)37(2)63-10;;/h17-20,24-27,34-37,44-45,51-52,62-63,65-66H,11-16,21-23,28-33H2,1-10H3,(H,64,76)(H,69,74)(H,70,75);2*1H/t36-,37-,44-,45-,51+,52+;;/m0../s1. The van der Waals surface area contributed by atoms with Gasteiger partial charge in [0.1, 0.15) is 24.2 Å². The Balaban J connectivity index is 0.00000541. The zero-order valence-corrected chi connectivity index (χ0v) is 50.8. The van der Waals surface area contributed by atoms with Crippen molar-refractivity contribution in [3.63, 3.8) is 0 Å². The number of ketones is 1. The monoisotopic (exact) mass is 1170 g/mol. The Morgan fingerprint density at radius 1 is 0.610 bits per heavy atom. The Morgan fingerprint density at radius 3 is 1.48 bits per heavy atom. The van der Waals surface area contributed by atoms with Crippen LogP contribution in [0, 0.1) is 10.8 Å². The van der Waals surface area contributed by atoms with Crippen molar-refractivity contribution in [1.82, 2.24) is 56.3 Å². The Labute approximate surface area is 493 Å². The molecule has 6 atom stereocenters. The smallest absolute Gasteiger partial charge is 0.273 e. The van der Waals surface area contributed by atoms with Crippen molar-refractivity contribution in [1.29, 1.82) is 0 Å². The number of nitrogens with one attached hydrogen (secondary N) is 7. The molecule has 0 saturated carbocycles. The molecule has 6 aromatic rings. The lowest BCUT2D eigenvalue weighted by molar-refractivity contribution is -0.141. The Kier molecular flexibility index (Phi) is 22.2. The molecule has 2 aliphatic heterocycles. The number of hydrogen-bond donors (Lipinski definition) is 7. The van der Waals surface area contributed by atoms with Gasteiger partial charge in [-0.1, -0.05) is 110 Å². The SMILES string of the molecule is CN[C@@H](C)C(=O)N[C@H](C(=O)N1CCC[C@H]1c1nc(C(=O)CCCCCCCCCNC(=O)c2nc([C@@H]3CCCN3C(=O)[C@@H](NC(=O)[C@H](C)NC)C(C)(C)C)oc2-c2c[nH]c3ccccc23)c(-c2c[nH]c3ccccc23)o1)C(C)(C)C.Cl.Cl. The summed E-state index contributed by atoms with van der Waals surface area (Å²) in [6.45, 7) is 16.4. The summed E-state index contributed by atoms with van der Waals surface area (Å²) in [5, 5.41) is 16.7. The molecule has 0 bridgehead atoms. The van der Waals surface area contributed by atoms with Gasteiger partial charge in [-0.2, -0.15) is 0 Å². The predicted molar refractivity (Wildman–Crippen MR) is 323 cm³/mol. The number of para-hydroxylation sites is 2. The summed E-state index contributed by atoms with van der Waals surface area (Å²) in [6, 6.07) is 12.0. The van der Waals surface area contributed by atoms with E-state index in [2.05, 4.69) is 36.6 Å². The van der Waals surface area contributed by atoms with E-state index in [1.165, 1.54) is 0 Å². The number of likely N-dealkylation sites (N-methyl/N-ethyl adjacent to an activating group) is 2. The molecule has 2 aromatic carbocycles. The number of carbonyl (C=O) groups is 6. The van der Waals surface area contributed by atoms with Crippen molar-refractivity contribution in [2.24, 2.45) is 10.8 Å². The van der Waals surface area contributed by atoms with Crippen molar-refractivity contribution >= 4 is 81.9 Å². The second-order valence-electron chi connectivity index (χ2n) is 23.9. The average molecular weight is 1170 g/mol. The molecule has 8 rings (SSSR count). The first-order chi connectivity index (χ1) is 38.2. The summed E-state index contributed by atoms with van der Waals surface area (Å²) in [5.41, 5.74) is 2.45. The highest BCUT2D eigenvalue weighted by molar-refractivity contribution is 6.05. The molecule has 0 unspecified atom stereocenters. The normalized spacial score (nSPS) is 17.0. The maximum Gasteiger partial charge on any atom is 0.273 e. The number of nitrogens with zero attached hydrogens (tertiary/aromatic N) is 4. The van der Waals surface area contributed by atoms with Crippen molar-refractivity contribution in [3.05, 3.63) is 84.1 Å². The maximum absolute atomic E-state index is 14.4. The van der Waals surface area contributed by atoms with Crippen LogP contribution in [-0.4, -0.2) is 123 Å². The lowest BCUT2D eigenvalue weighted by atomic mass is 9.85. The number of H-pyrrole nitrogens is 2. The van der Waals surface area contributed by atoms with Crippen LogP contribution in [0.15, 0.2) is 69.8 Å². The molecule has 7 N–H and O–H groups in total. The number of rotatable bonds is 24. The largest absolute Gasteiger partial charge is 0.438 e. The minimum atomic E-state index is -0.800. The number of aromatic nitrogens is 4. The van der Waals surface area contributed by atoms with E-state index < -0.39 is 47.1 Å². The summed E-state index contributed by atoms with van der Waals surface area (Å²) in [7, 11) is 3.40. The van der Waals surface area contributed by atoms with Gasteiger partial charge >= 0.3 is 0 Å². The Bertz CT molecular complexity index is 2960. The maximum atomic E-state index is 14.4. The van der Waals surface area contributed by atoms with E-state index in [1.54, 1.807) is 37.7 Å². The van der Waals surface area contributed by atoms with E-state index >= 15 is 0 Å². The van der Waals surface area contributed by atoms with Crippen LogP contribution >= 0.6 is 24.8 Å². The molecular weight excluding hydrogens is 1090 g/mol. The van der Waals surface area contributed by atoms with E-state index in [1.807, 2.05) is 102 Å². The minimum absolute atomic E-state index is 0. The summed E-state index contributed by atoms with van der Waals surface area (Å²) in [4.78, 5) is 103. The van der Waals surface area contributed by atoms with E-state index in [0.29, 0.717) is 68.3 Å². The molecule has 446 valence electrons. The molecule has 5 amide bonds. The second kappa shape index (κ2) is 28.2. The molecule has 6 heterocycles. The highest BCUT2D eigenvalue weighted by Gasteiger charge is 2.44. The van der Waals surface area contributed by atoms with Crippen molar-refractivity contribution in [2.75, 3.05) is 33.7 Å². The number of carbonyl (C=O) groups excluding carboxylic acids is 6. The van der Waals surface area contributed by atoms with Crippen LogP contribution in [0.1, 0.15) is 177 Å². The lowest BCUT2D eigenvalue weighted by Gasteiger charge is -2.35. The van der Waals surface area contributed by atoms with Gasteiger partial charge in [0.15, 0.2) is 28.7 Å². The van der Waals surface area contributed by atoms with Gasteiger partial charge in [0.25, 0.3) is 5.91 Å². The summed E-state index contributed by atoms with van der Waals surface area (Å²) in [6.07, 6.45) is 12.6. The summed E-state index contributed by atoms with van der Waals surface area (Å²) < 4.78 is 13.1. The fraction of sp³-hybridized carbons (Fsp3) is 0.541. The lowest BCUT2D eigenvalue weighted by Crippen LogP contribution is -2.57. The van der Waals surface area contributed by atoms with Gasteiger partial charge in [0.2, 0.25) is 35.4 Å². The molecule has 0 spiro atoms. The molecule has 2 fully saturated rings. The van der Waals surface area contributed by atoms with E-state index in [9.17, 15) is 28.8 Å². The van der Waals surface area contributed by atoms with Crippen molar-refractivity contribution in [3.8, 4) is 22.6 Å². The van der Waals surface area contributed by atoms with Gasteiger partial charge in [-0.05, 0) is 89.4 Å². The third-order valence-electron chi connectivity index (χ3n) is 15.9. The molecule has 0 radical (unpaired) electrons. The van der Waals surface area contributed by atoms with Gasteiger partial charge < -0.3 is 55.2 Å². The number of unbranched alkanes of at least 4 members (excludes halogenated alkanes) is 6. The van der Waals surface area contributed by atoms with Crippen LogP contribution in [0.4, 0.5) is 0 Å². The number of halogens is 2. The van der Waals surface area contributed by atoms with Gasteiger partial charge in [0, 0.05) is 71.4 Å². The first kappa shape index (κ1) is 64.6. The van der Waals surface area contributed by atoms with Crippen LogP contribution in [0.25, 0.3) is 44.5 Å². The minimum Gasteiger partial charge on any atom is -0.438 e. The number of benzene rings is 2. The molecular formula is C61H85Cl2N11O8. The number of oxazole rings is 2. The molecule has 2 saturated heterocycles. The van der Waals surface area contributed by atoms with Gasteiger partial charge in [-0.15, -0.1) is 24.8 Å². The van der Waals surface area contributed by atoms with Crippen LogP contribution < -0.4 is 26.6 Å². The van der Waals surface area contributed by atoms with Gasteiger partial charge in [-0.25, -0.2) is 9.97 Å². The van der Waals surface area contributed by atoms with Crippen LogP contribution in [0.2, 0.25) is 0 Å². The van der Waals surface area contributed by atoms with E-state index in [4.69, 9.17) is 18.8 Å². The highest BCUT2D eigenvalue weighted by atomic mass is 35.5. The van der Waals surface area contributed by atoms with Gasteiger partial charge in [0.05, 0.1) is 12.1 Å². The second-order valence-corrected chi connectivity index (χ2v) is 23.9. The van der Waals surface area contributed by atoms with E-state index in [0.717, 1.165) is 72.3 Å². The highest BCUT2D eigenvalue weighted by Crippen LogP contribution is 2.41. The number of fused-ring (bicyclic) bond motifs is 2. The van der Waals surface area contributed by atoms with Crippen LogP contribution in [-0.2, 0) is 19.2 Å². The van der Waals surface area contributed by atoms with Crippen molar-refractivity contribution in [2.45, 2.75) is 169 Å². The molecule has 0 aliphatic carbocycles. The predicted octanol–water partition coefficient (Wildman–Crippen LogP) is 10.1. The number of hydrogen-bond acceptors (Lipinski definition) is 12. The fourth-order valence-corrected chi connectivity index (χ4v) is 10.9. The fourth-order valence-electron chi connectivity index (χ4n) is 10.9. The molecule has 2 aliphatic rings. The first-order valence-corrected chi connectivity index (χ1v) is 28.7. The third-order valence-corrected chi connectivity index (χ3v) is 15.9. The number of likely N-dealkylation sites (tertiary alicyclic amines) is 2. The number of amides is 5. The zero-order valence-electron chi connectivity index (χ0n) is 49.2. The van der Waals surface area contributed by atoms with Crippen LogP contribution in [0.5, 0.6) is 0 Å². The Morgan fingerprint density at radius 2 is 1.02 bits per heavy atom. The van der Waals surface area contributed by atoms with Crippen LogP contribution in [0.3, 0.4) is 0 Å². The molecule has 82 heavy (non-hydrogen) atoms. The third kappa shape index (κ3) is 14.6. The quantitative estimate of drug-likeness (QED) is 0.0221. The number of aromatic amines is 2. The first-order valence-electron chi connectivity index (χ1n) is 28.7. The molecule has 4 aromatic heterocycles. The number of Topliss-reactive ketones (excluding diaryl/α,β-unsaturated/α-hetero) is 1. The summed E-state index contributed by atoms with van der Waals surface area (Å²) >= 11 is 0. The van der Waals surface area contributed by atoms with E-state index in [-0.39, 0.29) is 83.8 Å². The topological polar surface area (TPSA) is 253 Å².